The average molecular weight is 322 g/mol. The highest BCUT2D eigenvalue weighted by Gasteiger charge is 2.37. The summed E-state index contributed by atoms with van der Waals surface area (Å²) in [5.41, 5.74) is 0.355. The summed E-state index contributed by atoms with van der Waals surface area (Å²) >= 11 is 0. The maximum absolute atomic E-state index is 13.9. The van der Waals surface area contributed by atoms with E-state index in [2.05, 4.69) is 12.2 Å². The number of nitrogens with zero attached hydrogens (tertiary/aromatic N) is 1. The SMILES string of the molecule is CC(NC1CCN(C(=O)C2CC2)CC1C)c1cc(F)ccc1F. The molecule has 0 radical (unpaired) electrons. The number of likely N-dealkylation sites (tertiary alicyclic amines) is 1. The molecule has 1 aromatic carbocycles. The minimum absolute atomic E-state index is 0.205. The Morgan fingerprint density at radius 1 is 1.30 bits per heavy atom. The summed E-state index contributed by atoms with van der Waals surface area (Å²) in [5, 5.41) is 3.41. The topological polar surface area (TPSA) is 32.3 Å². The molecule has 3 unspecified atom stereocenters. The highest BCUT2D eigenvalue weighted by Crippen LogP contribution is 2.33. The number of hydrogen-bond donors (Lipinski definition) is 1. The molecule has 1 amide bonds. The van der Waals surface area contributed by atoms with Gasteiger partial charge in [0.15, 0.2) is 0 Å². The van der Waals surface area contributed by atoms with Crippen LogP contribution in [0.15, 0.2) is 18.2 Å². The first-order valence-corrected chi connectivity index (χ1v) is 8.45. The second kappa shape index (κ2) is 6.56. The quantitative estimate of drug-likeness (QED) is 0.923. The van der Waals surface area contributed by atoms with Crippen molar-refractivity contribution in [1.82, 2.24) is 10.2 Å². The predicted octanol–water partition coefficient (Wildman–Crippen LogP) is 3.26. The van der Waals surface area contributed by atoms with E-state index in [1.54, 1.807) is 0 Å². The Kier molecular flexibility index (Phi) is 4.67. The zero-order valence-electron chi connectivity index (χ0n) is 13.7. The van der Waals surface area contributed by atoms with E-state index in [0.717, 1.165) is 38.4 Å². The second-order valence-electron chi connectivity index (χ2n) is 6.99. The molecule has 2 fully saturated rings. The Morgan fingerprint density at radius 2 is 2.04 bits per heavy atom. The molecule has 3 nitrogen and oxygen atoms in total. The number of rotatable bonds is 4. The zero-order valence-corrected chi connectivity index (χ0v) is 13.7. The Bertz CT molecular complexity index is 588. The number of nitrogens with one attached hydrogen (secondary N) is 1. The summed E-state index contributed by atoms with van der Waals surface area (Å²) in [6.45, 7) is 5.45. The van der Waals surface area contributed by atoms with Gasteiger partial charge < -0.3 is 10.2 Å². The third-order valence-corrected chi connectivity index (χ3v) is 5.03. The lowest BCUT2D eigenvalue weighted by atomic mass is 9.92. The van der Waals surface area contributed by atoms with E-state index in [-0.39, 0.29) is 23.8 Å². The van der Waals surface area contributed by atoms with Gasteiger partial charge in [-0.15, -0.1) is 0 Å². The molecule has 2 aliphatic rings. The van der Waals surface area contributed by atoms with Crippen LogP contribution in [0.25, 0.3) is 0 Å². The van der Waals surface area contributed by atoms with Crippen LogP contribution >= 0.6 is 0 Å². The third-order valence-electron chi connectivity index (χ3n) is 5.03. The van der Waals surface area contributed by atoms with Crippen LogP contribution in [0.5, 0.6) is 0 Å². The van der Waals surface area contributed by atoms with Crippen molar-refractivity contribution in [1.29, 1.82) is 0 Å². The third kappa shape index (κ3) is 3.71. The van der Waals surface area contributed by atoms with E-state index in [4.69, 9.17) is 0 Å². The molecular formula is C18H24F2N2O. The molecule has 1 saturated carbocycles. The number of benzene rings is 1. The van der Waals surface area contributed by atoms with E-state index < -0.39 is 5.82 Å². The van der Waals surface area contributed by atoms with E-state index in [0.29, 0.717) is 17.4 Å². The molecule has 3 rings (SSSR count). The summed E-state index contributed by atoms with van der Waals surface area (Å²) in [7, 11) is 0. The van der Waals surface area contributed by atoms with Gasteiger partial charge in [0, 0.05) is 36.7 Å². The van der Waals surface area contributed by atoms with E-state index in [1.807, 2.05) is 11.8 Å². The highest BCUT2D eigenvalue weighted by molar-refractivity contribution is 5.81. The zero-order chi connectivity index (χ0) is 16.6. The van der Waals surface area contributed by atoms with Gasteiger partial charge in [0.05, 0.1) is 0 Å². The second-order valence-corrected chi connectivity index (χ2v) is 6.99. The first-order valence-electron chi connectivity index (χ1n) is 8.45. The van der Waals surface area contributed by atoms with Gasteiger partial charge in [-0.25, -0.2) is 8.78 Å². The van der Waals surface area contributed by atoms with Crippen molar-refractivity contribution in [2.45, 2.75) is 45.2 Å². The van der Waals surface area contributed by atoms with Crippen molar-refractivity contribution >= 4 is 5.91 Å². The summed E-state index contributed by atoms with van der Waals surface area (Å²) in [6.07, 6.45) is 2.91. The molecule has 0 spiro atoms. The Morgan fingerprint density at radius 3 is 2.70 bits per heavy atom. The molecule has 1 aliphatic carbocycles. The van der Waals surface area contributed by atoms with Crippen molar-refractivity contribution in [3.05, 3.63) is 35.4 Å². The van der Waals surface area contributed by atoms with E-state index in [1.165, 1.54) is 12.1 Å². The van der Waals surface area contributed by atoms with Crippen molar-refractivity contribution in [3.63, 3.8) is 0 Å². The smallest absolute Gasteiger partial charge is 0.225 e. The lowest BCUT2D eigenvalue weighted by molar-refractivity contribution is -0.134. The van der Waals surface area contributed by atoms with E-state index >= 15 is 0 Å². The maximum Gasteiger partial charge on any atom is 0.225 e. The van der Waals surface area contributed by atoms with Crippen LogP contribution < -0.4 is 5.32 Å². The molecule has 0 aromatic heterocycles. The minimum Gasteiger partial charge on any atom is -0.342 e. The molecule has 23 heavy (non-hydrogen) atoms. The van der Waals surface area contributed by atoms with Crippen LogP contribution in [0.4, 0.5) is 8.78 Å². The lowest BCUT2D eigenvalue weighted by Crippen LogP contribution is -2.51. The fourth-order valence-corrected chi connectivity index (χ4v) is 3.44. The normalized spacial score (nSPS) is 26.2. The summed E-state index contributed by atoms with van der Waals surface area (Å²) in [5.74, 6) is 0.0328. The van der Waals surface area contributed by atoms with E-state index in [9.17, 15) is 13.6 Å². The van der Waals surface area contributed by atoms with Gasteiger partial charge in [-0.05, 0) is 50.3 Å². The molecule has 0 bridgehead atoms. The van der Waals surface area contributed by atoms with Crippen molar-refractivity contribution in [2.24, 2.45) is 11.8 Å². The van der Waals surface area contributed by atoms with Gasteiger partial charge in [-0.2, -0.15) is 0 Å². The Balaban J connectivity index is 1.60. The summed E-state index contributed by atoms with van der Waals surface area (Å²) in [6, 6.07) is 3.50. The largest absolute Gasteiger partial charge is 0.342 e. The van der Waals surface area contributed by atoms with Gasteiger partial charge >= 0.3 is 0 Å². The molecule has 1 aromatic rings. The molecule has 1 aliphatic heterocycles. The Labute approximate surface area is 136 Å². The minimum atomic E-state index is -0.423. The number of piperidine rings is 1. The van der Waals surface area contributed by atoms with Gasteiger partial charge in [0.1, 0.15) is 11.6 Å². The number of hydrogen-bond acceptors (Lipinski definition) is 2. The molecule has 1 N–H and O–H groups in total. The maximum atomic E-state index is 13.9. The molecule has 3 atom stereocenters. The molecule has 126 valence electrons. The average Bonchev–Trinajstić information content (AvgIpc) is 3.35. The van der Waals surface area contributed by atoms with Gasteiger partial charge in [0.25, 0.3) is 0 Å². The van der Waals surface area contributed by atoms with Crippen molar-refractivity contribution < 1.29 is 13.6 Å². The first-order chi connectivity index (χ1) is 11.0. The number of halogens is 2. The molecular weight excluding hydrogens is 298 g/mol. The number of carbonyl (C=O) groups excluding carboxylic acids is 1. The van der Waals surface area contributed by atoms with Crippen molar-refractivity contribution in [3.8, 4) is 0 Å². The van der Waals surface area contributed by atoms with Crippen LogP contribution in [0.2, 0.25) is 0 Å². The molecule has 5 heteroatoms. The van der Waals surface area contributed by atoms with Gasteiger partial charge in [-0.1, -0.05) is 6.92 Å². The first kappa shape index (κ1) is 16.4. The monoisotopic (exact) mass is 322 g/mol. The summed E-state index contributed by atoms with van der Waals surface area (Å²) < 4.78 is 27.2. The van der Waals surface area contributed by atoms with Crippen LogP contribution in [0, 0.1) is 23.5 Å². The number of amides is 1. The summed E-state index contributed by atoms with van der Waals surface area (Å²) in [4.78, 5) is 14.1. The Hall–Kier alpha value is -1.49. The van der Waals surface area contributed by atoms with Crippen LogP contribution in [-0.4, -0.2) is 29.9 Å². The predicted molar refractivity (Wildman–Crippen MR) is 84.8 cm³/mol. The molecule has 1 saturated heterocycles. The number of carbonyl (C=O) groups is 1. The fraction of sp³-hybridized carbons (Fsp3) is 0.611. The van der Waals surface area contributed by atoms with Crippen LogP contribution in [0.1, 0.15) is 44.7 Å². The van der Waals surface area contributed by atoms with Gasteiger partial charge in [0.2, 0.25) is 5.91 Å². The van der Waals surface area contributed by atoms with Crippen LogP contribution in [-0.2, 0) is 4.79 Å². The molecule has 1 heterocycles. The van der Waals surface area contributed by atoms with Gasteiger partial charge in [-0.3, -0.25) is 4.79 Å². The highest BCUT2D eigenvalue weighted by atomic mass is 19.1. The van der Waals surface area contributed by atoms with Crippen molar-refractivity contribution in [2.75, 3.05) is 13.1 Å². The lowest BCUT2D eigenvalue weighted by Gasteiger charge is -2.39. The standard InChI is InChI=1S/C18H24F2N2O/c1-11-10-22(18(23)13-3-4-13)8-7-17(11)21-12(2)15-9-14(19)5-6-16(15)20/h5-6,9,11-13,17,21H,3-4,7-8,10H2,1-2H3. The van der Waals surface area contributed by atoms with Crippen LogP contribution in [0.3, 0.4) is 0 Å². The fourth-order valence-electron chi connectivity index (χ4n) is 3.44.